The summed E-state index contributed by atoms with van der Waals surface area (Å²) in [6, 6.07) is 6.45. The normalized spacial score (nSPS) is 12.6. The first-order valence-corrected chi connectivity index (χ1v) is 8.59. The molecule has 28 heavy (non-hydrogen) atoms. The predicted octanol–water partition coefficient (Wildman–Crippen LogP) is 2.14. The number of nitrogens with zero attached hydrogens (tertiary/aromatic N) is 1. The van der Waals surface area contributed by atoms with Crippen LogP contribution in [0.3, 0.4) is 0 Å². The number of carbonyl (C=O) groups is 2. The Bertz CT molecular complexity index is 882. The van der Waals surface area contributed by atoms with Crippen LogP contribution in [0, 0.1) is 0 Å². The van der Waals surface area contributed by atoms with Crippen molar-refractivity contribution < 1.29 is 29.3 Å². The highest BCUT2D eigenvalue weighted by Crippen LogP contribution is 2.43. The van der Waals surface area contributed by atoms with Gasteiger partial charge in [-0.25, -0.2) is 9.59 Å². The van der Waals surface area contributed by atoms with Crippen LogP contribution >= 0.6 is 0 Å². The summed E-state index contributed by atoms with van der Waals surface area (Å²) >= 11 is 0. The van der Waals surface area contributed by atoms with Crippen molar-refractivity contribution in [1.29, 1.82) is 0 Å². The number of nitrogens with two attached hydrogens (primary N) is 1. The van der Waals surface area contributed by atoms with Gasteiger partial charge in [0.25, 0.3) is 0 Å². The molecule has 1 heterocycles. The van der Waals surface area contributed by atoms with Crippen molar-refractivity contribution >= 4 is 11.9 Å². The second-order valence-corrected chi connectivity index (χ2v) is 6.37. The van der Waals surface area contributed by atoms with Crippen molar-refractivity contribution in [3.63, 3.8) is 0 Å². The monoisotopic (exact) mass is 388 g/mol. The lowest BCUT2D eigenvalue weighted by atomic mass is 10.1. The third-order valence-corrected chi connectivity index (χ3v) is 4.15. The molecular formula is C20H24N2O6. The fourth-order valence-corrected chi connectivity index (χ4v) is 3.09. The van der Waals surface area contributed by atoms with Crippen LogP contribution in [0.2, 0.25) is 0 Å². The Morgan fingerprint density at radius 1 is 1.14 bits per heavy atom. The van der Waals surface area contributed by atoms with Crippen LogP contribution in [0.25, 0.3) is 11.3 Å². The average Bonchev–Trinajstić information content (AvgIpc) is 3.18. The van der Waals surface area contributed by atoms with Crippen LogP contribution in [-0.4, -0.2) is 47.0 Å². The molecule has 0 saturated heterocycles. The Labute approximate surface area is 162 Å². The molecule has 8 heteroatoms. The maximum atomic E-state index is 9.55. The summed E-state index contributed by atoms with van der Waals surface area (Å²) in [5, 5.41) is 15.6. The highest BCUT2D eigenvalue weighted by molar-refractivity contribution is 5.89. The molecule has 0 bridgehead atoms. The molecule has 2 aromatic rings. The minimum absolute atomic E-state index is 0.135. The molecule has 0 radical (unpaired) electrons. The number of fused-ring (bicyclic) bond motifs is 3. The Hall–Kier alpha value is -3.26. The zero-order valence-corrected chi connectivity index (χ0v) is 16.0. The van der Waals surface area contributed by atoms with Gasteiger partial charge in [0.05, 0.1) is 19.9 Å². The second-order valence-electron chi connectivity index (χ2n) is 6.37. The van der Waals surface area contributed by atoms with Crippen molar-refractivity contribution in [3.05, 3.63) is 47.7 Å². The van der Waals surface area contributed by atoms with Gasteiger partial charge in [-0.2, -0.15) is 0 Å². The van der Waals surface area contributed by atoms with Crippen molar-refractivity contribution in [2.45, 2.75) is 25.9 Å². The van der Waals surface area contributed by atoms with Crippen molar-refractivity contribution in [1.82, 2.24) is 4.57 Å². The summed E-state index contributed by atoms with van der Waals surface area (Å²) in [7, 11) is 3.34. The maximum Gasteiger partial charge on any atom is 0.328 e. The van der Waals surface area contributed by atoms with Crippen LogP contribution in [-0.2, 0) is 22.6 Å². The van der Waals surface area contributed by atoms with Gasteiger partial charge in [-0.1, -0.05) is 0 Å². The summed E-state index contributed by atoms with van der Waals surface area (Å²) in [5.74, 6) is -0.956. The molecular weight excluding hydrogens is 364 g/mol. The molecule has 1 aliphatic rings. The SMILES string of the molecule is COc1cc2c(cc1OC)-c1c(ccn1CC(C)N)C2.O=C(O)/C=C/C(=O)O. The molecule has 1 atom stereocenters. The first-order chi connectivity index (χ1) is 13.3. The van der Waals surface area contributed by atoms with Gasteiger partial charge >= 0.3 is 11.9 Å². The zero-order chi connectivity index (χ0) is 20.8. The minimum Gasteiger partial charge on any atom is -0.493 e. The Kier molecular flexibility index (Phi) is 6.84. The number of aromatic nitrogens is 1. The molecule has 1 aromatic carbocycles. The Morgan fingerprint density at radius 2 is 1.71 bits per heavy atom. The number of hydrogen-bond acceptors (Lipinski definition) is 5. The molecule has 1 aliphatic carbocycles. The standard InChI is InChI=1S/C16H20N2O2.C4H4O4/c1-10(17)9-18-5-4-11-6-12-7-14(19-2)15(20-3)8-13(12)16(11)18;5-3(6)1-2-4(7)8/h4-5,7-8,10H,6,9,17H2,1-3H3;1-2H,(H,5,6)(H,7,8)/b;2-1+. The molecule has 1 unspecified atom stereocenters. The summed E-state index contributed by atoms with van der Waals surface area (Å²) in [5.41, 5.74) is 11.0. The molecule has 0 aliphatic heterocycles. The maximum absolute atomic E-state index is 9.55. The second kappa shape index (κ2) is 9.09. The largest absolute Gasteiger partial charge is 0.493 e. The number of methoxy groups -OCH3 is 2. The van der Waals surface area contributed by atoms with Crippen molar-refractivity contribution in [2.75, 3.05) is 14.2 Å². The van der Waals surface area contributed by atoms with E-state index in [2.05, 4.69) is 29.0 Å². The molecule has 0 saturated carbocycles. The van der Waals surface area contributed by atoms with Crippen LogP contribution in [0.4, 0.5) is 0 Å². The minimum atomic E-state index is -1.26. The van der Waals surface area contributed by atoms with E-state index < -0.39 is 11.9 Å². The number of ether oxygens (including phenoxy) is 2. The van der Waals surface area contributed by atoms with E-state index in [1.165, 1.54) is 22.4 Å². The van der Waals surface area contributed by atoms with Gasteiger partial charge in [-0.3, -0.25) is 0 Å². The number of aliphatic carboxylic acids is 2. The third kappa shape index (κ3) is 4.92. The van der Waals surface area contributed by atoms with Gasteiger partial charge in [-0.05, 0) is 36.2 Å². The van der Waals surface area contributed by atoms with E-state index in [1.807, 2.05) is 6.92 Å². The quantitative estimate of drug-likeness (QED) is 0.553. The number of rotatable bonds is 6. The number of carboxylic acid groups (broad SMARTS) is 2. The lowest BCUT2D eigenvalue weighted by Crippen LogP contribution is -2.22. The lowest BCUT2D eigenvalue weighted by molar-refractivity contribution is -0.134. The van der Waals surface area contributed by atoms with E-state index in [-0.39, 0.29) is 6.04 Å². The van der Waals surface area contributed by atoms with E-state index in [1.54, 1.807) is 14.2 Å². The topological polar surface area (TPSA) is 124 Å². The van der Waals surface area contributed by atoms with E-state index in [4.69, 9.17) is 25.4 Å². The van der Waals surface area contributed by atoms with E-state index in [9.17, 15) is 9.59 Å². The van der Waals surface area contributed by atoms with Gasteiger partial charge in [0.2, 0.25) is 0 Å². The average molecular weight is 388 g/mol. The predicted molar refractivity (Wildman–Crippen MR) is 104 cm³/mol. The molecule has 1 aromatic heterocycles. The molecule has 8 nitrogen and oxygen atoms in total. The number of hydrogen-bond donors (Lipinski definition) is 3. The van der Waals surface area contributed by atoms with Crippen molar-refractivity contribution in [3.8, 4) is 22.8 Å². The molecule has 0 spiro atoms. The third-order valence-electron chi connectivity index (χ3n) is 4.15. The smallest absolute Gasteiger partial charge is 0.328 e. The molecule has 150 valence electrons. The Morgan fingerprint density at radius 3 is 2.21 bits per heavy atom. The van der Waals surface area contributed by atoms with E-state index >= 15 is 0 Å². The first kappa shape index (κ1) is 21.0. The zero-order valence-electron chi connectivity index (χ0n) is 16.0. The fourth-order valence-electron chi connectivity index (χ4n) is 3.09. The highest BCUT2D eigenvalue weighted by Gasteiger charge is 2.24. The Balaban J connectivity index is 0.000000300. The summed E-state index contributed by atoms with van der Waals surface area (Å²) in [4.78, 5) is 19.1. The number of benzene rings is 1. The first-order valence-electron chi connectivity index (χ1n) is 8.59. The van der Waals surface area contributed by atoms with Crippen LogP contribution in [0.15, 0.2) is 36.5 Å². The number of carboxylic acids is 2. The fraction of sp³-hybridized carbons (Fsp3) is 0.300. The van der Waals surface area contributed by atoms with Gasteiger partial charge in [-0.15, -0.1) is 0 Å². The van der Waals surface area contributed by atoms with Gasteiger partial charge in [0.15, 0.2) is 11.5 Å². The van der Waals surface area contributed by atoms with Crippen molar-refractivity contribution in [2.24, 2.45) is 5.73 Å². The van der Waals surface area contributed by atoms with Gasteiger partial charge < -0.3 is 30.0 Å². The van der Waals surface area contributed by atoms with Crippen LogP contribution in [0.5, 0.6) is 11.5 Å². The van der Waals surface area contributed by atoms with Gasteiger partial charge in [0, 0.05) is 42.9 Å². The summed E-state index contributed by atoms with van der Waals surface area (Å²) in [6.45, 7) is 2.85. The van der Waals surface area contributed by atoms with E-state index in [0.717, 1.165) is 24.5 Å². The molecule has 4 N–H and O–H groups in total. The summed E-state index contributed by atoms with van der Waals surface area (Å²) in [6.07, 6.45) is 4.18. The molecule has 0 fully saturated rings. The molecule has 0 amide bonds. The lowest BCUT2D eigenvalue weighted by Gasteiger charge is -2.14. The summed E-state index contributed by atoms with van der Waals surface area (Å²) < 4.78 is 13.0. The molecule has 3 rings (SSSR count). The van der Waals surface area contributed by atoms with Crippen LogP contribution in [0.1, 0.15) is 18.1 Å². The van der Waals surface area contributed by atoms with Crippen LogP contribution < -0.4 is 15.2 Å². The van der Waals surface area contributed by atoms with E-state index in [0.29, 0.717) is 12.2 Å². The van der Waals surface area contributed by atoms with Gasteiger partial charge in [0.1, 0.15) is 0 Å². The highest BCUT2D eigenvalue weighted by atomic mass is 16.5.